The second-order valence-corrected chi connectivity index (χ2v) is 5.72. The number of esters is 1. The van der Waals surface area contributed by atoms with Crippen molar-refractivity contribution in [3.63, 3.8) is 0 Å². The molecule has 0 N–H and O–H groups in total. The highest BCUT2D eigenvalue weighted by molar-refractivity contribution is 5.83. The van der Waals surface area contributed by atoms with E-state index in [9.17, 15) is 4.79 Å². The normalized spacial score (nSPS) is 10.7. The van der Waals surface area contributed by atoms with Gasteiger partial charge in [-0.05, 0) is 29.3 Å². The van der Waals surface area contributed by atoms with E-state index >= 15 is 0 Å². The predicted octanol–water partition coefficient (Wildman–Crippen LogP) is 3.27. The van der Waals surface area contributed by atoms with E-state index in [1.54, 1.807) is 26.5 Å². The Morgan fingerprint density at radius 1 is 1.04 bits per heavy atom. The Hall–Kier alpha value is -2.86. The molecule has 0 aliphatic heterocycles. The van der Waals surface area contributed by atoms with Crippen molar-refractivity contribution in [3.05, 3.63) is 59.7 Å². The number of aliphatic imine (C=N–C) groups is 1. The molecule has 0 spiro atoms. The van der Waals surface area contributed by atoms with Crippen molar-refractivity contribution in [1.29, 1.82) is 0 Å². The SMILES string of the molecule is COCCCOc1cc(C=NCC(=O)OCc2ccccc2)ccc1OC. The predicted molar refractivity (Wildman–Crippen MR) is 104 cm³/mol. The molecule has 2 rings (SSSR count). The van der Waals surface area contributed by atoms with Crippen molar-refractivity contribution in [2.24, 2.45) is 4.99 Å². The summed E-state index contributed by atoms with van der Waals surface area (Å²) in [5.74, 6) is 0.899. The van der Waals surface area contributed by atoms with Crippen LogP contribution in [0.2, 0.25) is 0 Å². The summed E-state index contributed by atoms with van der Waals surface area (Å²) in [6.07, 6.45) is 2.40. The molecule has 6 heteroatoms. The van der Waals surface area contributed by atoms with Crippen LogP contribution in [0.4, 0.5) is 0 Å². The van der Waals surface area contributed by atoms with E-state index in [1.165, 1.54) is 0 Å². The lowest BCUT2D eigenvalue weighted by molar-refractivity contribution is -0.143. The Kier molecular flexibility index (Phi) is 8.86. The van der Waals surface area contributed by atoms with E-state index in [2.05, 4.69) is 4.99 Å². The summed E-state index contributed by atoms with van der Waals surface area (Å²) >= 11 is 0. The average molecular weight is 371 g/mol. The number of hydrogen-bond donors (Lipinski definition) is 0. The number of hydrogen-bond acceptors (Lipinski definition) is 6. The highest BCUT2D eigenvalue weighted by Gasteiger charge is 2.06. The zero-order chi connectivity index (χ0) is 19.3. The first-order valence-corrected chi connectivity index (χ1v) is 8.72. The third-order valence-electron chi connectivity index (χ3n) is 3.64. The minimum absolute atomic E-state index is 0.0388. The molecule has 0 aliphatic rings. The van der Waals surface area contributed by atoms with E-state index < -0.39 is 0 Å². The fourth-order valence-electron chi connectivity index (χ4n) is 2.28. The summed E-state index contributed by atoms with van der Waals surface area (Å²) in [5, 5.41) is 0. The zero-order valence-electron chi connectivity index (χ0n) is 15.7. The maximum Gasteiger partial charge on any atom is 0.328 e. The second-order valence-electron chi connectivity index (χ2n) is 5.72. The standard InChI is InChI=1S/C21H25NO5/c1-24-11-6-12-26-20-13-18(9-10-19(20)25-2)14-22-15-21(23)27-16-17-7-4-3-5-8-17/h3-5,7-10,13-14H,6,11-12,15-16H2,1-2H3. The van der Waals surface area contributed by atoms with Gasteiger partial charge in [-0.2, -0.15) is 0 Å². The monoisotopic (exact) mass is 371 g/mol. The topological polar surface area (TPSA) is 66.4 Å². The number of rotatable bonds is 11. The van der Waals surface area contributed by atoms with Gasteiger partial charge in [0.1, 0.15) is 13.2 Å². The molecule has 0 aromatic heterocycles. The lowest BCUT2D eigenvalue weighted by Crippen LogP contribution is -2.08. The Labute approximate surface area is 159 Å². The maximum atomic E-state index is 11.8. The molecule has 27 heavy (non-hydrogen) atoms. The lowest BCUT2D eigenvalue weighted by Gasteiger charge is -2.11. The van der Waals surface area contributed by atoms with Crippen molar-refractivity contribution in [2.75, 3.05) is 34.0 Å². The van der Waals surface area contributed by atoms with Crippen molar-refractivity contribution >= 4 is 12.2 Å². The van der Waals surface area contributed by atoms with E-state index in [1.807, 2.05) is 42.5 Å². The Balaban J connectivity index is 1.85. The molecule has 0 saturated heterocycles. The number of nitrogens with zero attached hydrogens (tertiary/aromatic N) is 1. The van der Waals surface area contributed by atoms with Crippen LogP contribution in [0.15, 0.2) is 53.5 Å². The van der Waals surface area contributed by atoms with Crippen LogP contribution in [0.1, 0.15) is 17.5 Å². The second kappa shape index (κ2) is 11.7. The average Bonchev–Trinajstić information content (AvgIpc) is 2.70. The smallest absolute Gasteiger partial charge is 0.328 e. The number of carbonyl (C=O) groups is 1. The van der Waals surface area contributed by atoms with Gasteiger partial charge >= 0.3 is 5.97 Å². The van der Waals surface area contributed by atoms with Crippen LogP contribution in [0, 0.1) is 0 Å². The third-order valence-corrected chi connectivity index (χ3v) is 3.64. The molecular weight excluding hydrogens is 346 g/mol. The highest BCUT2D eigenvalue weighted by Crippen LogP contribution is 2.27. The molecule has 144 valence electrons. The summed E-state index contributed by atoms with van der Waals surface area (Å²) in [5.41, 5.74) is 1.76. The van der Waals surface area contributed by atoms with E-state index in [-0.39, 0.29) is 19.1 Å². The summed E-state index contributed by atoms with van der Waals surface area (Å²) in [4.78, 5) is 15.9. The minimum atomic E-state index is -0.375. The number of benzene rings is 2. The molecule has 0 unspecified atom stereocenters. The van der Waals surface area contributed by atoms with Crippen LogP contribution < -0.4 is 9.47 Å². The van der Waals surface area contributed by atoms with Crippen molar-refractivity contribution in [2.45, 2.75) is 13.0 Å². The highest BCUT2D eigenvalue weighted by atomic mass is 16.5. The molecule has 0 radical (unpaired) electrons. The minimum Gasteiger partial charge on any atom is -0.493 e. The first-order valence-electron chi connectivity index (χ1n) is 8.72. The van der Waals surface area contributed by atoms with E-state index in [4.69, 9.17) is 18.9 Å². The Morgan fingerprint density at radius 3 is 2.59 bits per heavy atom. The molecule has 0 saturated carbocycles. The molecule has 0 atom stereocenters. The van der Waals surface area contributed by atoms with Crippen molar-refractivity contribution in [3.8, 4) is 11.5 Å². The van der Waals surface area contributed by atoms with Gasteiger partial charge < -0.3 is 18.9 Å². The van der Waals surface area contributed by atoms with Gasteiger partial charge in [-0.15, -0.1) is 0 Å². The van der Waals surface area contributed by atoms with Gasteiger partial charge in [-0.1, -0.05) is 30.3 Å². The molecule has 0 amide bonds. The molecule has 0 aliphatic carbocycles. The lowest BCUT2D eigenvalue weighted by atomic mass is 10.2. The van der Waals surface area contributed by atoms with Gasteiger partial charge in [0.05, 0.1) is 13.7 Å². The largest absolute Gasteiger partial charge is 0.493 e. The Morgan fingerprint density at radius 2 is 1.85 bits per heavy atom. The quantitative estimate of drug-likeness (QED) is 0.345. The molecule has 2 aromatic carbocycles. The van der Waals surface area contributed by atoms with E-state index in [0.29, 0.717) is 24.7 Å². The van der Waals surface area contributed by atoms with Crippen LogP contribution in [-0.2, 0) is 20.9 Å². The first kappa shape index (κ1) is 20.5. The fraction of sp³-hybridized carbons (Fsp3) is 0.333. The number of carbonyl (C=O) groups excluding carboxylic acids is 1. The molecule has 0 bridgehead atoms. The zero-order valence-corrected chi connectivity index (χ0v) is 15.7. The first-order chi connectivity index (χ1) is 13.2. The maximum absolute atomic E-state index is 11.8. The summed E-state index contributed by atoms with van der Waals surface area (Å²) in [7, 11) is 3.25. The summed E-state index contributed by atoms with van der Waals surface area (Å²) in [6.45, 7) is 1.37. The van der Waals surface area contributed by atoms with Crippen LogP contribution in [0.5, 0.6) is 11.5 Å². The molecule has 0 fully saturated rings. The molecule has 2 aromatic rings. The van der Waals surface area contributed by atoms with Crippen LogP contribution in [0.25, 0.3) is 0 Å². The van der Waals surface area contributed by atoms with Gasteiger partial charge in [0.15, 0.2) is 11.5 Å². The molecule has 6 nitrogen and oxygen atoms in total. The van der Waals surface area contributed by atoms with Gasteiger partial charge in [0, 0.05) is 26.4 Å². The van der Waals surface area contributed by atoms with Crippen molar-refractivity contribution in [1.82, 2.24) is 0 Å². The summed E-state index contributed by atoms with van der Waals surface area (Å²) in [6, 6.07) is 15.0. The summed E-state index contributed by atoms with van der Waals surface area (Å²) < 4.78 is 21.2. The fourth-order valence-corrected chi connectivity index (χ4v) is 2.28. The Bertz CT molecular complexity index is 731. The van der Waals surface area contributed by atoms with Gasteiger partial charge in [0.25, 0.3) is 0 Å². The van der Waals surface area contributed by atoms with Crippen LogP contribution in [-0.4, -0.2) is 46.2 Å². The third kappa shape index (κ3) is 7.50. The van der Waals surface area contributed by atoms with Crippen LogP contribution >= 0.6 is 0 Å². The number of ether oxygens (including phenoxy) is 4. The molecule has 0 heterocycles. The van der Waals surface area contributed by atoms with Gasteiger partial charge in [-0.25, -0.2) is 0 Å². The van der Waals surface area contributed by atoms with Crippen LogP contribution in [0.3, 0.4) is 0 Å². The van der Waals surface area contributed by atoms with Crippen molar-refractivity contribution < 1.29 is 23.7 Å². The number of methoxy groups -OCH3 is 2. The van der Waals surface area contributed by atoms with Gasteiger partial charge in [-0.3, -0.25) is 9.79 Å². The molecular formula is C21H25NO5. The van der Waals surface area contributed by atoms with Gasteiger partial charge in [0.2, 0.25) is 0 Å². The van der Waals surface area contributed by atoms with E-state index in [0.717, 1.165) is 17.5 Å².